The summed E-state index contributed by atoms with van der Waals surface area (Å²) in [6.07, 6.45) is 4.73. The van der Waals surface area contributed by atoms with Gasteiger partial charge in [-0.1, -0.05) is 70.7 Å². The Morgan fingerprint density at radius 1 is 1.05 bits per heavy atom. The van der Waals surface area contributed by atoms with Crippen LogP contribution in [0.3, 0.4) is 0 Å². The molecule has 8 rings (SSSR count). The molecule has 6 bridgehead atoms. The molecular weight excluding hydrogens is 821 g/mol. The molecule has 0 unspecified atom stereocenters. The minimum absolute atomic E-state index is 0.0515. The molecule has 3 aromatic carbocycles. The van der Waals surface area contributed by atoms with Gasteiger partial charge in [-0.2, -0.15) is 0 Å². The van der Waals surface area contributed by atoms with E-state index in [1.54, 1.807) is 24.1 Å². The third kappa shape index (κ3) is 9.46. The summed E-state index contributed by atoms with van der Waals surface area (Å²) in [5, 5.41) is 17.1. The van der Waals surface area contributed by atoms with Crippen molar-refractivity contribution in [2.75, 3.05) is 53.0 Å². The van der Waals surface area contributed by atoms with Crippen LogP contribution in [-0.4, -0.2) is 119 Å². The number of fused-ring (bicyclic) bond motifs is 6. The van der Waals surface area contributed by atoms with Crippen LogP contribution in [0, 0.1) is 16.7 Å². The van der Waals surface area contributed by atoms with Gasteiger partial charge < -0.3 is 29.4 Å². The van der Waals surface area contributed by atoms with Crippen molar-refractivity contribution in [1.82, 2.24) is 30.1 Å². The summed E-state index contributed by atoms with van der Waals surface area (Å²) in [6.45, 7) is 18.5. The summed E-state index contributed by atoms with van der Waals surface area (Å²) in [7, 11) is 1.72. The molecule has 3 amide bonds. The van der Waals surface area contributed by atoms with Crippen LogP contribution >= 0.6 is 0 Å². The summed E-state index contributed by atoms with van der Waals surface area (Å²) in [5.74, 6) is -1.16. The fourth-order valence-electron chi connectivity index (χ4n) is 10.9. The number of cyclic esters (lactones) is 1. The minimum atomic E-state index is -1.02. The molecular formula is C52H66N6O7. The zero-order valence-corrected chi connectivity index (χ0v) is 39.0. The first-order chi connectivity index (χ1) is 31.1. The molecule has 3 saturated heterocycles. The number of aromatic nitrogens is 1. The fraction of sp³-hybridized carbons (Fsp3) is 0.500. The van der Waals surface area contributed by atoms with Crippen LogP contribution in [0.15, 0.2) is 73.3 Å². The van der Waals surface area contributed by atoms with Gasteiger partial charge in [0.15, 0.2) is 0 Å². The van der Waals surface area contributed by atoms with Gasteiger partial charge in [-0.3, -0.25) is 29.1 Å². The van der Waals surface area contributed by atoms with Gasteiger partial charge in [0, 0.05) is 73.6 Å². The zero-order chi connectivity index (χ0) is 46.2. The number of hydrogen-bond donors (Lipinski definition) is 3. The number of hydrazine groups is 1. The van der Waals surface area contributed by atoms with E-state index < -0.39 is 29.5 Å². The highest BCUT2D eigenvalue weighted by Gasteiger charge is 2.51. The molecule has 5 heterocycles. The second-order valence-corrected chi connectivity index (χ2v) is 19.9. The largest absolute Gasteiger partial charge is 0.508 e. The Bertz CT molecular complexity index is 2470. The first kappa shape index (κ1) is 46.0. The molecule has 1 spiro atoms. The molecule has 4 aromatic rings. The van der Waals surface area contributed by atoms with Crippen LogP contribution in [-0.2, 0) is 54.5 Å². The molecule has 3 N–H and O–H groups in total. The monoisotopic (exact) mass is 886 g/mol. The van der Waals surface area contributed by atoms with Crippen molar-refractivity contribution < 1.29 is 33.8 Å². The van der Waals surface area contributed by atoms with Gasteiger partial charge in [0.2, 0.25) is 11.8 Å². The van der Waals surface area contributed by atoms with Gasteiger partial charge in [0.25, 0.3) is 5.91 Å². The van der Waals surface area contributed by atoms with Crippen LogP contribution < -0.4 is 10.7 Å². The number of amides is 3. The number of carbonyl (C=O) groups excluding carboxylic acids is 4. The molecule has 0 saturated carbocycles. The van der Waals surface area contributed by atoms with Gasteiger partial charge in [-0.15, -0.1) is 0 Å². The zero-order valence-electron chi connectivity index (χ0n) is 39.0. The molecule has 3 fully saturated rings. The first-order valence-electron chi connectivity index (χ1n) is 23.4. The number of nitrogens with zero attached hydrogens (tertiary/aromatic N) is 4. The molecule has 0 radical (unpaired) electrons. The quantitative estimate of drug-likeness (QED) is 0.124. The van der Waals surface area contributed by atoms with Crippen molar-refractivity contribution in [3.63, 3.8) is 0 Å². The average molecular weight is 887 g/mol. The average Bonchev–Trinajstić information content (AvgIpc) is 3.85. The summed E-state index contributed by atoms with van der Waals surface area (Å²) < 4.78 is 14.0. The number of phenols is 1. The normalized spacial score (nSPS) is 21.5. The molecule has 4 aliphatic heterocycles. The van der Waals surface area contributed by atoms with E-state index in [4.69, 9.17) is 9.47 Å². The SMILES string of the molecule is C=CC(=O)N1CC2(CCN([C@H](C(=O)N[C@H]3Cc4cc(O)cc(c4)-c4ccc5c(c4)c(c(-c4ccccc4CCOC)n5CC)CC(C)(C)COC(=O)[C@@H]4CCCN(N4)C3=O)C(C)C)C2)C1. The first-order valence-corrected chi connectivity index (χ1v) is 23.4. The van der Waals surface area contributed by atoms with Crippen LogP contribution in [0.5, 0.6) is 5.75 Å². The third-order valence-corrected chi connectivity index (χ3v) is 14.0. The highest BCUT2D eigenvalue weighted by molar-refractivity contribution is 5.96. The minimum Gasteiger partial charge on any atom is -0.508 e. The molecule has 13 nitrogen and oxygen atoms in total. The van der Waals surface area contributed by atoms with Gasteiger partial charge >= 0.3 is 5.97 Å². The van der Waals surface area contributed by atoms with E-state index in [1.165, 1.54) is 16.6 Å². The number of likely N-dealkylation sites (tertiary alicyclic amines) is 2. The van der Waals surface area contributed by atoms with Crippen LogP contribution in [0.4, 0.5) is 0 Å². The number of benzene rings is 3. The lowest BCUT2D eigenvalue weighted by Gasteiger charge is -2.48. The van der Waals surface area contributed by atoms with Crippen molar-refractivity contribution in [2.45, 2.75) is 97.8 Å². The standard InChI is InChI=1S/C52H66N6O7/c1-8-45(60)56-30-52(31-56)19-21-55(29-52)46(33(3)4)48(61)53-43-25-34-23-37(26-38(59)24-34)36-16-17-44-40(27-36)41(47(57(44)9-2)39-14-11-10-13-35(39)18-22-64-7)28-51(5,6)32-65-50(63)42-15-12-20-58(54-42)49(43)62/h8,10-11,13-14,16-17,23-24,26-27,33,42-43,46,54,59H,1,9,12,15,18-22,25,28-32H2,2-7H3,(H,53,61)/t42-,43-,46-/m0/s1. The topological polar surface area (TPSA) is 146 Å². The molecule has 346 valence electrons. The van der Waals surface area contributed by atoms with Crippen LogP contribution in [0.1, 0.15) is 70.6 Å². The Morgan fingerprint density at radius 2 is 1.83 bits per heavy atom. The second kappa shape index (κ2) is 18.8. The summed E-state index contributed by atoms with van der Waals surface area (Å²) in [6, 6.07) is 18.0. The Kier molecular flexibility index (Phi) is 13.3. The number of aromatic hydroxyl groups is 1. The van der Waals surface area contributed by atoms with Crippen LogP contribution in [0.2, 0.25) is 0 Å². The molecule has 65 heavy (non-hydrogen) atoms. The van der Waals surface area contributed by atoms with E-state index in [9.17, 15) is 24.3 Å². The summed E-state index contributed by atoms with van der Waals surface area (Å²) in [4.78, 5) is 59.6. The van der Waals surface area contributed by atoms with E-state index in [0.29, 0.717) is 64.2 Å². The van der Waals surface area contributed by atoms with E-state index in [0.717, 1.165) is 58.2 Å². The van der Waals surface area contributed by atoms with Gasteiger partial charge in [-0.05, 0) is 110 Å². The number of methoxy groups -OCH3 is 1. The highest BCUT2D eigenvalue weighted by Crippen LogP contribution is 2.43. The third-order valence-electron chi connectivity index (χ3n) is 14.0. The smallest absolute Gasteiger partial charge is 0.324 e. The van der Waals surface area contributed by atoms with Crippen molar-refractivity contribution in [2.24, 2.45) is 16.7 Å². The highest BCUT2D eigenvalue weighted by atomic mass is 16.5. The van der Waals surface area contributed by atoms with Gasteiger partial charge in [0.05, 0.1) is 24.9 Å². The van der Waals surface area contributed by atoms with Crippen molar-refractivity contribution in [3.05, 3.63) is 90.0 Å². The molecule has 3 atom stereocenters. The van der Waals surface area contributed by atoms with Gasteiger partial charge in [0.1, 0.15) is 17.8 Å². The number of rotatable bonds is 10. The maximum atomic E-state index is 14.7. The summed E-state index contributed by atoms with van der Waals surface area (Å²) in [5.41, 5.74) is 10.7. The predicted octanol–water partition coefficient (Wildman–Crippen LogP) is 6.28. The number of esters is 1. The van der Waals surface area contributed by atoms with Gasteiger partial charge in [-0.25, -0.2) is 5.43 Å². The molecule has 13 heteroatoms. The Hall–Kier alpha value is -5.50. The Morgan fingerprint density at radius 3 is 2.57 bits per heavy atom. The van der Waals surface area contributed by atoms with E-state index in [2.05, 4.69) is 90.0 Å². The number of nitrogens with one attached hydrogen (secondary N) is 2. The Balaban J connectivity index is 1.19. The maximum Gasteiger partial charge on any atom is 0.324 e. The van der Waals surface area contributed by atoms with Crippen molar-refractivity contribution >= 4 is 34.6 Å². The predicted molar refractivity (Wildman–Crippen MR) is 252 cm³/mol. The number of carbonyl (C=O) groups is 4. The lowest BCUT2D eigenvalue weighted by atomic mass is 9.79. The number of aryl methyl sites for hydroxylation is 1. The van der Waals surface area contributed by atoms with E-state index in [1.807, 2.05) is 19.9 Å². The Labute approximate surface area is 383 Å². The van der Waals surface area contributed by atoms with E-state index in [-0.39, 0.29) is 47.8 Å². The molecule has 1 aromatic heterocycles. The molecule has 0 aliphatic carbocycles. The lowest BCUT2D eigenvalue weighted by Crippen LogP contribution is -2.62. The number of ether oxygens (including phenoxy) is 2. The second-order valence-electron chi connectivity index (χ2n) is 19.9. The van der Waals surface area contributed by atoms with Crippen LogP contribution in [0.25, 0.3) is 33.3 Å². The number of hydrogen-bond acceptors (Lipinski definition) is 9. The molecule has 4 aliphatic rings. The van der Waals surface area contributed by atoms with E-state index >= 15 is 0 Å². The van der Waals surface area contributed by atoms with Crippen molar-refractivity contribution in [1.29, 1.82) is 0 Å². The maximum absolute atomic E-state index is 14.7. The summed E-state index contributed by atoms with van der Waals surface area (Å²) >= 11 is 0. The lowest BCUT2D eigenvalue weighted by molar-refractivity contribution is -0.155. The van der Waals surface area contributed by atoms with Crippen molar-refractivity contribution in [3.8, 4) is 28.1 Å². The fourth-order valence-corrected chi connectivity index (χ4v) is 10.9. The number of phenolic OH excluding ortho intramolecular Hbond substituents is 1.